The monoisotopic (exact) mass is 492 g/mol. The van der Waals surface area contributed by atoms with Crippen molar-refractivity contribution in [2.24, 2.45) is 0 Å². The first-order chi connectivity index (χ1) is 17.5. The second-order valence-corrected chi connectivity index (χ2v) is 7.72. The van der Waals surface area contributed by atoms with Crippen molar-refractivity contribution in [3.8, 4) is 28.7 Å². The fourth-order valence-corrected chi connectivity index (χ4v) is 3.64. The van der Waals surface area contributed by atoms with E-state index in [2.05, 4.69) is 4.98 Å². The van der Waals surface area contributed by atoms with Gasteiger partial charge in [-0.1, -0.05) is 0 Å². The number of ether oxygens (including phenoxy) is 4. The Morgan fingerprint density at radius 3 is 2.25 bits per heavy atom. The van der Waals surface area contributed by atoms with Crippen LogP contribution in [0.15, 0.2) is 72.9 Å². The molecule has 8 nitrogen and oxygen atoms in total. The van der Waals surface area contributed by atoms with Gasteiger partial charge in [0.1, 0.15) is 23.1 Å². The van der Waals surface area contributed by atoms with Gasteiger partial charge in [0.25, 0.3) is 0 Å². The Labute approximate surface area is 207 Å². The molecule has 0 aliphatic heterocycles. The van der Waals surface area contributed by atoms with Gasteiger partial charge in [0, 0.05) is 29.9 Å². The van der Waals surface area contributed by atoms with Crippen LogP contribution in [-0.2, 0) is 0 Å². The number of fused-ring (bicyclic) bond motifs is 1. The molecule has 0 saturated heterocycles. The topological polar surface area (TPSA) is 90.4 Å². The van der Waals surface area contributed by atoms with Gasteiger partial charge in [-0.25, -0.2) is 9.18 Å². The number of carboxylic acid groups (broad SMARTS) is 1. The molecule has 3 aromatic carbocycles. The lowest BCUT2D eigenvalue weighted by Gasteiger charge is -2.20. The number of pyridine rings is 1. The maximum atomic E-state index is 13.0. The van der Waals surface area contributed by atoms with E-state index in [-0.39, 0.29) is 12.4 Å². The van der Waals surface area contributed by atoms with E-state index in [1.807, 2.05) is 0 Å². The molecule has 9 heteroatoms. The normalized spacial score (nSPS) is 10.6. The minimum atomic E-state index is -1.08. The molecule has 36 heavy (non-hydrogen) atoms. The maximum Gasteiger partial charge on any atom is 0.411 e. The molecule has 1 amide bonds. The van der Waals surface area contributed by atoms with Gasteiger partial charge in [-0.15, -0.1) is 0 Å². The third-order valence-corrected chi connectivity index (χ3v) is 5.42. The van der Waals surface area contributed by atoms with E-state index >= 15 is 0 Å². The standard InChI is InChI=1S/C27H25FN2O6/c1-33-25-16-22-23(17-26(25)34-2)29-13-12-24(22)36-21-10-6-19(7-11-21)30(27(31)32)14-3-15-35-20-8-4-18(28)5-9-20/h4-13,16-17H,3,14-15H2,1-2H3,(H,31,32). The molecule has 0 spiro atoms. The number of carbonyl (C=O) groups is 1. The third kappa shape index (κ3) is 5.75. The highest BCUT2D eigenvalue weighted by molar-refractivity contribution is 5.88. The van der Waals surface area contributed by atoms with Crippen molar-refractivity contribution in [3.63, 3.8) is 0 Å². The zero-order chi connectivity index (χ0) is 25.5. The average Bonchev–Trinajstić information content (AvgIpc) is 2.89. The summed E-state index contributed by atoms with van der Waals surface area (Å²) in [6, 6.07) is 17.8. The predicted molar refractivity (Wildman–Crippen MR) is 133 cm³/mol. The van der Waals surface area contributed by atoms with Gasteiger partial charge in [0.05, 0.1) is 26.3 Å². The van der Waals surface area contributed by atoms with Gasteiger partial charge in [-0.3, -0.25) is 9.88 Å². The van der Waals surface area contributed by atoms with E-state index < -0.39 is 6.09 Å². The van der Waals surface area contributed by atoms with Crippen molar-refractivity contribution >= 4 is 22.7 Å². The molecule has 0 aliphatic rings. The molecule has 0 aliphatic carbocycles. The van der Waals surface area contributed by atoms with Crippen LogP contribution < -0.4 is 23.8 Å². The van der Waals surface area contributed by atoms with Crippen molar-refractivity contribution in [3.05, 3.63) is 78.7 Å². The van der Waals surface area contributed by atoms with Crippen molar-refractivity contribution in [2.75, 3.05) is 32.3 Å². The van der Waals surface area contributed by atoms with E-state index in [4.69, 9.17) is 18.9 Å². The molecule has 1 heterocycles. The molecule has 0 unspecified atom stereocenters. The van der Waals surface area contributed by atoms with Crippen LogP contribution in [-0.4, -0.2) is 43.6 Å². The number of rotatable bonds is 10. The number of amides is 1. The Bertz CT molecular complexity index is 1330. The van der Waals surface area contributed by atoms with Crippen LogP contribution in [0.25, 0.3) is 10.9 Å². The summed E-state index contributed by atoms with van der Waals surface area (Å²) in [4.78, 5) is 17.4. The van der Waals surface area contributed by atoms with Crippen LogP contribution in [0.3, 0.4) is 0 Å². The quantitative estimate of drug-likeness (QED) is 0.266. The molecular formula is C27H25FN2O6. The highest BCUT2D eigenvalue weighted by atomic mass is 19.1. The third-order valence-electron chi connectivity index (χ3n) is 5.42. The summed E-state index contributed by atoms with van der Waals surface area (Å²) in [5.74, 6) is 2.41. The fourth-order valence-electron chi connectivity index (χ4n) is 3.64. The van der Waals surface area contributed by atoms with Crippen LogP contribution in [0, 0.1) is 5.82 Å². The van der Waals surface area contributed by atoms with Crippen LogP contribution in [0.5, 0.6) is 28.7 Å². The van der Waals surface area contributed by atoms with Gasteiger partial charge in [-0.05, 0) is 67.1 Å². The Morgan fingerprint density at radius 1 is 0.917 bits per heavy atom. The van der Waals surface area contributed by atoms with Crippen molar-refractivity contribution < 1.29 is 33.2 Å². The first-order valence-electron chi connectivity index (χ1n) is 11.2. The minimum Gasteiger partial charge on any atom is -0.494 e. The van der Waals surface area contributed by atoms with E-state index in [9.17, 15) is 14.3 Å². The fraction of sp³-hybridized carbons (Fsp3) is 0.185. The Kier molecular flexibility index (Phi) is 7.69. The summed E-state index contributed by atoms with van der Waals surface area (Å²) < 4.78 is 35.3. The zero-order valence-electron chi connectivity index (χ0n) is 19.8. The molecule has 0 atom stereocenters. The largest absolute Gasteiger partial charge is 0.494 e. The number of hydrogen-bond acceptors (Lipinski definition) is 6. The summed E-state index contributed by atoms with van der Waals surface area (Å²) in [7, 11) is 3.12. The van der Waals surface area contributed by atoms with Gasteiger partial charge >= 0.3 is 6.09 Å². The maximum absolute atomic E-state index is 13.0. The Hall–Kier alpha value is -4.53. The van der Waals surface area contributed by atoms with Gasteiger partial charge in [0.15, 0.2) is 11.5 Å². The van der Waals surface area contributed by atoms with E-state index in [0.29, 0.717) is 53.0 Å². The molecule has 1 aromatic heterocycles. The number of halogens is 1. The lowest BCUT2D eigenvalue weighted by Crippen LogP contribution is -2.31. The Balaban J connectivity index is 1.43. The van der Waals surface area contributed by atoms with Crippen LogP contribution in [0.2, 0.25) is 0 Å². The van der Waals surface area contributed by atoms with E-state index in [1.54, 1.807) is 62.9 Å². The van der Waals surface area contributed by atoms with E-state index in [1.165, 1.54) is 29.2 Å². The van der Waals surface area contributed by atoms with Crippen LogP contribution in [0.1, 0.15) is 6.42 Å². The number of anilines is 1. The Morgan fingerprint density at radius 2 is 1.58 bits per heavy atom. The minimum absolute atomic E-state index is 0.230. The molecule has 4 aromatic rings. The summed E-state index contributed by atoms with van der Waals surface area (Å²) >= 11 is 0. The summed E-state index contributed by atoms with van der Waals surface area (Å²) in [6.07, 6.45) is 1.01. The lowest BCUT2D eigenvalue weighted by atomic mass is 10.2. The van der Waals surface area contributed by atoms with Gasteiger partial charge < -0.3 is 24.1 Å². The van der Waals surface area contributed by atoms with E-state index in [0.717, 1.165) is 5.39 Å². The number of benzene rings is 3. The molecule has 186 valence electrons. The first kappa shape index (κ1) is 24.6. The summed E-state index contributed by atoms with van der Waals surface area (Å²) in [5.41, 5.74) is 1.18. The molecule has 0 saturated carbocycles. The molecule has 1 N–H and O–H groups in total. The number of hydrogen-bond donors (Lipinski definition) is 1. The first-order valence-corrected chi connectivity index (χ1v) is 11.2. The van der Waals surface area contributed by atoms with Gasteiger partial charge in [-0.2, -0.15) is 0 Å². The highest BCUT2D eigenvalue weighted by Gasteiger charge is 2.15. The molecule has 0 radical (unpaired) electrons. The van der Waals surface area contributed by atoms with Crippen LogP contribution in [0.4, 0.5) is 14.9 Å². The molecule has 0 fully saturated rings. The SMILES string of the molecule is COc1cc2nccc(Oc3ccc(N(CCCOc4ccc(F)cc4)C(=O)O)cc3)c2cc1OC. The summed E-state index contributed by atoms with van der Waals surface area (Å²) in [6.45, 7) is 0.521. The summed E-state index contributed by atoms with van der Waals surface area (Å²) in [5, 5.41) is 10.4. The van der Waals surface area contributed by atoms with Crippen LogP contribution >= 0.6 is 0 Å². The lowest BCUT2D eigenvalue weighted by molar-refractivity contribution is 0.201. The second kappa shape index (κ2) is 11.3. The number of nitrogens with zero attached hydrogens (tertiary/aromatic N) is 2. The molecule has 0 bridgehead atoms. The smallest absolute Gasteiger partial charge is 0.411 e. The predicted octanol–water partition coefficient (Wildman–Crippen LogP) is 6.14. The second-order valence-electron chi connectivity index (χ2n) is 7.72. The molecular weight excluding hydrogens is 467 g/mol. The van der Waals surface area contributed by atoms with Gasteiger partial charge in [0.2, 0.25) is 0 Å². The highest BCUT2D eigenvalue weighted by Crippen LogP contribution is 2.37. The number of aromatic nitrogens is 1. The van der Waals surface area contributed by atoms with Crippen molar-refractivity contribution in [1.29, 1.82) is 0 Å². The number of methoxy groups -OCH3 is 2. The van der Waals surface area contributed by atoms with Crippen molar-refractivity contribution in [1.82, 2.24) is 4.98 Å². The van der Waals surface area contributed by atoms with Crippen molar-refractivity contribution in [2.45, 2.75) is 6.42 Å². The molecule has 4 rings (SSSR count). The average molecular weight is 493 g/mol. The zero-order valence-corrected chi connectivity index (χ0v) is 19.8.